The van der Waals surface area contributed by atoms with Gasteiger partial charge < -0.3 is 10.6 Å². The van der Waals surface area contributed by atoms with Gasteiger partial charge in [-0.1, -0.05) is 35.5 Å². The number of oxime groups is 1. The van der Waals surface area contributed by atoms with Crippen molar-refractivity contribution >= 4 is 11.8 Å². The molecule has 92 valence electrons. The molecular formula is C11H11N5O2. The van der Waals surface area contributed by atoms with Crippen molar-refractivity contribution in [3.63, 3.8) is 0 Å². The maximum Gasteiger partial charge on any atom is 0.387 e. The van der Waals surface area contributed by atoms with Crippen molar-refractivity contribution in [1.29, 1.82) is 0 Å². The predicted octanol–water partition coefficient (Wildman–Crippen LogP) is 0.590. The van der Waals surface area contributed by atoms with Crippen molar-refractivity contribution in [2.45, 2.75) is 6.92 Å². The van der Waals surface area contributed by atoms with Gasteiger partial charge in [-0.05, 0) is 6.92 Å². The molecule has 0 saturated carbocycles. The minimum Gasteiger partial charge on any atom is -0.380 e. The van der Waals surface area contributed by atoms with Crippen molar-refractivity contribution < 1.29 is 9.63 Å². The lowest BCUT2D eigenvalue weighted by atomic mass is 10.2. The molecular weight excluding hydrogens is 234 g/mol. The average molecular weight is 245 g/mol. The number of nitrogens with one attached hydrogen (secondary N) is 1. The topological polar surface area (TPSA) is 106 Å². The van der Waals surface area contributed by atoms with Gasteiger partial charge in [0.25, 0.3) is 0 Å². The molecule has 0 spiro atoms. The number of carbonyl (C=O) groups excluding carboxylic acids is 1. The van der Waals surface area contributed by atoms with Crippen LogP contribution in [-0.2, 0) is 4.84 Å². The monoisotopic (exact) mass is 245 g/mol. The Labute approximate surface area is 103 Å². The number of hydrogen-bond donors (Lipinski definition) is 2. The molecule has 0 aliphatic heterocycles. The van der Waals surface area contributed by atoms with Gasteiger partial charge in [-0.3, -0.25) is 0 Å². The Morgan fingerprint density at radius 1 is 1.33 bits per heavy atom. The summed E-state index contributed by atoms with van der Waals surface area (Å²) in [6, 6.07) is 8.98. The maximum atomic E-state index is 11.6. The molecule has 7 nitrogen and oxygen atoms in total. The van der Waals surface area contributed by atoms with Gasteiger partial charge in [0.1, 0.15) is 0 Å². The van der Waals surface area contributed by atoms with E-state index in [4.69, 9.17) is 5.73 Å². The fourth-order valence-electron chi connectivity index (χ4n) is 1.27. The molecule has 1 heterocycles. The van der Waals surface area contributed by atoms with Gasteiger partial charge in [0.2, 0.25) is 0 Å². The lowest BCUT2D eigenvalue weighted by Crippen LogP contribution is -2.15. The number of aromatic nitrogens is 3. The zero-order valence-corrected chi connectivity index (χ0v) is 9.62. The van der Waals surface area contributed by atoms with E-state index in [0.717, 1.165) is 0 Å². The third-order valence-electron chi connectivity index (χ3n) is 2.21. The molecule has 18 heavy (non-hydrogen) atoms. The zero-order chi connectivity index (χ0) is 13.0. The maximum absolute atomic E-state index is 11.6. The van der Waals surface area contributed by atoms with Crippen LogP contribution >= 0.6 is 0 Å². The number of aryl methyl sites for hydroxylation is 1. The predicted molar refractivity (Wildman–Crippen MR) is 63.7 cm³/mol. The Kier molecular flexibility index (Phi) is 3.33. The summed E-state index contributed by atoms with van der Waals surface area (Å²) in [5, 5.41) is 13.2. The lowest BCUT2D eigenvalue weighted by molar-refractivity contribution is 0.0508. The van der Waals surface area contributed by atoms with Crippen molar-refractivity contribution in [2.75, 3.05) is 0 Å². The van der Waals surface area contributed by atoms with E-state index in [-0.39, 0.29) is 11.5 Å². The van der Waals surface area contributed by atoms with Gasteiger partial charge in [-0.25, -0.2) is 4.79 Å². The van der Waals surface area contributed by atoms with Crippen LogP contribution in [0.2, 0.25) is 0 Å². The molecule has 2 aromatic rings. The van der Waals surface area contributed by atoms with Crippen LogP contribution < -0.4 is 5.73 Å². The number of aromatic amines is 1. The number of benzene rings is 1. The van der Waals surface area contributed by atoms with Crippen LogP contribution in [0, 0.1) is 6.92 Å². The quantitative estimate of drug-likeness (QED) is 0.356. The van der Waals surface area contributed by atoms with E-state index in [9.17, 15) is 4.79 Å². The van der Waals surface area contributed by atoms with E-state index in [1.807, 2.05) is 6.07 Å². The highest BCUT2D eigenvalue weighted by Gasteiger charge is 2.15. The van der Waals surface area contributed by atoms with Gasteiger partial charge in [-0.2, -0.15) is 10.3 Å². The molecule has 0 amide bonds. The first-order valence-corrected chi connectivity index (χ1v) is 5.16. The summed E-state index contributed by atoms with van der Waals surface area (Å²) < 4.78 is 0. The van der Waals surface area contributed by atoms with Crippen LogP contribution in [-0.4, -0.2) is 27.2 Å². The minimum atomic E-state index is -0.708. The second-order valence-corrected chi connectivity index (χ2v) is 3.48. The molecule has 3 N–H and O–H groups in total. The summed E-state index contributed by atoms with van der Waals surface area (Å²) in [4.78, 5) is 16.2. The smallest absolute Gasteiger partial charge is 0.380 e. The van der Waals surface area contributed by atoms with E-state index < -0.39 is 5.97 Å². The normalized spacial score (nSPS) is 11.3. The lowest BCUT2D eigenvalue weighted by Gasteiger charge is -1.99. The molecule has 1 aromatic carbocycles. The Hall–Kier alpha value is -2.70. The number of amidine groups is 1. The number of H-pyrrole nitrogens is 1. The third-order valence-corrected chi connectivity index (χ3v) is 2.21. The number of nitrogens with zero attached hydrogens (tertiary/aromatic N) is 3. The summed E-state index contributed by atoms with van der Waals surface area (Å²) in [6.07, 6.45) is 0. The van der Waals surface area contributed by atoms with Crippen molar-refractivity contribution in [3.8, 4) is 0 Å². The second-order valence-electron chi connectivity index (χ2n) is 3.48. The summed E-state index contributed by atoms with van der Waals surface area (Å²) in [7, 11) is 0. The molecule has 0 fully saturated rings. The summed E-state index contributed by atoms with van der Waals surface area (Å²) >= 11 is 0. The molecule has 0 bridgehead atoms. The fourth-order valence-corrected chi connectivity index (χ4v) is 1.27. The molecule has 1 aromatic heterocycles. The highest BCUT2D eigenvalue weighted by atomic mass is 16.7. The average Bonchev–Trinajstić information content (AvgIpc) is 2.83. The molecule has 0 radical (unpaired) electrons. The highest BCUT2D eigenvalue weighted by Crippen LogP contribution is 2.03. The van der Waals surface area contributed by atoms with Crippen LogP contribution in [0.4, 0.5) is 0 Å². The van der Waals surface area contributed by atoms with Crippen LogP contribution in [0.1, 0.15) is 21.7 Å². The summed E-state index contributed by atoms with van der Waals surface area (Å²) in [5.41, 5.74) is 6.85. The molecule has 0 aliphatic carbocycles. The Morgan fingerprint density at radius 3 is 2.67 bits per heavy atom. The van der Waals surface area contributed by atoms with Gasteiger partial charge in [-0.15, -0.1) is 5.10 Å². The van der Waals surface area contributed by atoms with Crippen LogP contribution in [0.5, 0.6) is 0 Å². The molecule has 2 rings (SSSR count). The number of carbonyl (C=O) groups is 1. The Balaban J connectivity index is 2.08. The fraction of sp³-hybridized carbons (Fsp3) is 0.0909. The second kappa shape index (κ2) is 5.09. The largest absolute Gasteiger partial charge is 0.387 e. The zero-order valence-electron chi connectivity index (χ0n) is 9.62. The molecule has 0 unspecified atom stereocenters. The third kappa shape index (κ3) is 2.51. The van der Waals surface area contributed by atoms with Crippen LogP contribution in [0.15, 0.2) is 35.5 Å². The molecule has 0 atom stereocenters. The summed E-state index contributed by atoms with van der Waals surface area (Å²) in [6.45, 7) is 1.63. The van der Waals surface area contributed by atoms with Crippen LogP contribution in [0.25, 0.3) is 0 Å². The SMILES string of the molecule is Cc1n[nH]nc1C(=O)O/N=C(\N)c1ccccc1. The van der Waals surface area contributed by atoms with Gasteiger partial charge in [0, 0.05) is 5.56 Å². The van der Waals surface area contributed by atoms with Gasteiger partial charge >= 0.3 is 5.97 Å². The first-order valence-electron chi connectivity index (χ1n) is 5.16. The van der Waals surface area contributed by atoms with E-state index >= 15 is 0 Å². The molecule has 7 heteroatoms. The number of rotatable bonds is 3. The van der Waals surface area contributed by atoms with Crippen molar-refractivity contribution in [3.05, 3.63) is 47.3 Å². The molecule has 0 saturated heterocycles. The van der Waals surface area contributed by atoms with E-state index in [1.54, 1.807) is 31.2 Å². The first kappa shape index (κ1) is 11.8. The summed E-state index contributed by atoms with van der Waals surface area (Å²) in [5.74, 6) is -0.592. The van der Waals surface area contributed by atoms with E-state index in [1.165, 1.54) is 0 Å². The van der Waals surface area contributed by atoms with E-state index in [2.05, 4.69) is 25.4 Å². The van der Waals surface area contributed by atoms with Crippen LogP contribution in [0.3, 0.4) is 0 Å². The van der Waals surface area contributed by atoms with E-state index in [0.29, 0.717) is 11.3 Å². The van der Waals surface area contributed by atoms with Gasteiger partial charge in [0.15, 0.2) is 11.5 Å². The molecule has 0 aliphatic rings. The minimum absolute atomic E-state index is 0.0830. The Morgan fingerprint density at radius 2 is 2.06 bits per heavy atom. The standard InChI is InChI=1S/C11H11N5O2/c1-7-9(14-16-13-7)11(17)18-15-10(12)8-5-3-2-4-6-8/h2-6H,1H3,(H2,12,15)(H,13,14,16). The number of nitrogens with two attached hydrogens (primary N) is 1. The number of hydrogen-bond acceptors (Lipinski definition) is 5. The van der Waals surface area contributed by atoms with Crippen molar-refractivity contribution in [2.24, 2.45) is 10.9 Å². The van der Waals surface area contributed by atoms with Crippen molar-refractivity contribution in [1.82, 2.24) is 15.4 Å². The van der Waals surface area contributed by atoms with Gasteiger partial charge in [0.05, 0.1) is 5.69 Å². The Bertz CT molecular complexity index is 576. The first-order chi connectivity index (χ1) is 8.68. The highest BCUT2D eigenvalue weighted by molar-refractivity contribution is 5.98.